The van der Waals surface area contributed by atoms with Gasteiger partial charge in [-0.3, -0.25) is 9.36 Å². The van der Waals surface area contributed by atoms with Crippen LogP contribution in [0.4, 0.5) is 0 Å². The number of fused-ring (bicyclic) bond motifs is 1. The van der Waals surface area contributed by atoms with Crippen molar-refractivity contribution in [2.75, 3.05) is 7.11 Å². The zero-order valence-electron chi connectivity index (χ0n) is 17.1. The number of benzene rings is 2. The van der Waals surface area contributed by atoms with Gasteiger partial charge >= 0.3 is 5.97 Å². The summed E-state index contributed by atoms with van der Waals surface area (Å²) in [6.45, 7) is 3.94. The van der Waals surface area contributed by atoms with Gasteiger partial charge in [0.1, 0.15) is 0 Å². The summed E-state index contributed by atoms with van der Waals surface area (Å²) in [5.41, 5.74) is 3.76. The second-order valence-corrected chi connectivity index (χ2v) is 8.06. The highest BCUT2D eigenvalue weighted by atomic mass is 32.1. The summed E-state index contributed by atoms with van der Waals surface area (Å²) in [5, 5.41) is 0. The molecule has 0 radical (unpaired) electrons. The second-order valence-electron chi connectivity index (χ2n) is 7.06. The van der Waals surface area contributed by atoms with E-state index >= 15 is 0 Å². The monoisotopic (exact) mass is 418 g/mol. The summed E-state index contributed by atoms with van der Waals surface area (Å²) < 4.78 is 7.31. The summed E-state index contributed by atoms with van der Waals surface area (Å²) in [6, 6.07) is 16.9. The number of aryl methyl sites for hydroxylation is 1. The molecule has 1 atom stereocenters. The van der Waals surface area contributed by atoms with Crippen LogP contribution in [0.15, 0.2) is 75.7 Å². The number of rotatable bonds is 4. The Balaban J connectivity index is 2.04. The van der Waals surface area contributed by atoms with Gasteiger partial charge < -0.3 is 4.74 Å². The first kappa shape index (κ1) is 20.0. The SMILES string of the molecule is CCC1=C(C(=O)OC)C(c2ccccc2C)n2c(s/c(=C\c3ccccc3)c2=O)=N1. The molecular weight excluding hydrogens is 396 g/mol. The van der Waals surface area contributed by atoms with Crippen LogP contribution < -0.4 is 14.9 Å². The molecule has 1 aliphatic rings. The van der Waals surface area contributed by atoms with E-state index in [0.717, 1.165) is 16.7 Å². The molecule has 0 aliphatic carbocycles. The number of nitrogens with zero attached hydrogens (tertiary/aromatic N) is 2. The van der Waals surface area contributed by atoms with E-state index in [9.17, 15) is 9.59 Å². The predicted molar refractivity (Wildman–Crippen MR) is 118 cm³/mol. The highest BCUT2D eigenvalue weighted by Gasteiger charge is 2.34. The highest BCUT2D eigenvalue weighted by molar-refractivity contribution is 7.07. The minimum absolute atomic E-state index is 0.160. The maximum absolute atomic E-state index is 13.5. The minimum atomic E-state index is -0.567. The van der Waals surface area contributed by atoms with Crippen LogP contribution in [0.25, 0.3) is 6.08 Å². The Morgan fingerprint density at radius 2 is 1.87 bits per heavy atom. The van der Waals surface area contributed by atoms with Crippen molar-refractivity contribution in [3.8, 4) is 0 Å². The van der Waals surface area contributed by atoms with Gasteiger partial charge in [-0.2, -0.15) is 0 Å². The van der Waals surface area contributed by atoms with E-state index in [1.165, 1.54) is 18.4 Å². The molecule has 5 nitrogen and oxygen atoms in total. The quantitative estimate of drug-likeness (QED) is 0.612. The van der Waals surface area contributed by atoms with Crippen molar-refractivity contribution >= 4 is 23.4 Å². The molecule has 1 aromatic heterocycles. The number of aromatic nitrogens is 1. The Kier molecular flexibility index (Phi) is 5.50. The normalized spacial score (nSPS) is 16.2. The van der Waals surface area contributed by atoms with E-state index in [2.05, 4.69) is 4.99 Å². The van der Waals surface area contributed by atoms with Crippen molar-refractivity contribution in [3.05, 3.63) is 102 Å². The average Bonchev–Trinajstić information content (AvgIpc) is 3.08. The third-order valence-electron chi connectivity index (χ3n) is 5.23. The first-order valence-electron chi connectivity index (χ1n) is 9.78. The van der Waals surface area contributed by atoms with E-state index in [1.807, 2.05) is 74.5 Å². The van der Waals surface area contributed by atoms with E-state index < -0.39 is 12.0 Å². The molecular formula is C24H22N2O3S. The molecule has 0 N–H and O–H groups in total. The lowest BCUT2D eigenvalue weighted by atomic mass is 9.92. The molecule has 0 saturated carbocycles. The predicted octanol–water partition coefficient (Wildman–Crippen LogP) is 3.11. The first-order valence-corrected chi connectivity index (χ1v) is 10.6. The van der Waals surface area contributed by atoms with Crippen LogP contribution in [0, 0.1) is 6.92 Å². The fraction of sp³-hybridized carbons (Fsp3) is 0.208. The Labute approximate surface area is 178 Å². The van der Waals surface area contributed by atoms with Gasteiger partial charge in [0.05, 0.1) is 29.0 Å². The van der Waals surface area contributed by atoms with E-state index in [4.69, 9.17) is 4.74 Å². The molecule has 2 heterocycles. The lowest BCUT2D eigenvalue weighted by Gasteiger charge is -2.26. The van der Waals surface area contributed by atoms with Crippen LogP contribution in [0.2, 0.25) is 0 Å². The number of esters is 1. The Morgan fingerprint density at radius 1 is 1.17 bits per heavy atom. The zero-order chi connectivity index (χ0) is 21.3. The largest absolute Gasteiger partial charge is 0.466 e. The molecule has 30 heavy (non-hydrogen) atoms. The van der Waals surface area contributed by atoms with Gasteiger partial charge in [-0.05, 0) is 36.1 Å². The number of carbonyl (C=O) groups excluding carboxylic acids is 1. The van der Waals surface area contributed by atoms with Gasteiger partial charge in [0, 0.05) is 0 Å². The number of ether oxygens (including phenoxy) is 1. The highest BCUT2D eigenvalue weighted by Crippen LogP contribution is 2.33. The smallest absolute Gasteiger partial charge is 0.338 e. The Morgan fingerprint density at radius 3 is 2.53 bits per heavy atom. The summed E-state index contributed by atoms with van der Waals surface area (Å²) in [7, 11) is 1.36. The molecule has 6 heteroatoms. The van der Waals surface area contributed by atoms with Gasteiger partial charge in [-0.1, -0.05) is 72.9 Å². The van der Waals surface area contributed by atoms with Gasteiger partial charge in [0.2, 0.25) is 0 Å². The summed E-state index contributed by atoms with van der Waals surface area (Å²) in [5.74, 6) is -0.457. The third-order valence-corrected chi connectivity index (χ3v) is 6.21. The number of allylic oxidation sites excluding steroid dienone is 1. The maximum Gasteiger partial charge on any atom is 0.338 e. The van der Waals surface area contributed by atoms with Crippen LogP contribution in [0.1, 0.15) is 36.1 Å². The molecule has 0 saturated heterocycles. The topological polar surface area (TPSA) is 60.7 Å². The Hall–Kier alpha value is -3.25. The van der Waals surface area contributed by atoms with Crippen LogP contribution in [-0.4, -0.2) is 17.6 Å². The molecule has 152 valence electrons. The standard InChI is InChI=1S/C24H22N2O3S/c1-4-18-20(23(28)29-3)21(17-13-9-8-10-15(17)2)26-22(27)19(30-24(26)25-18)14-16-11-6-5-7-12-16/h5-14,21H,4H2,1-3H3/b19-14-. The number of thiazole rings is 1. The minimum Gasteiger partial charge on any atom is -0.466 e. The molecule has 2 aromatic carbocycles. The van der Waals surface area contributed by atoms with Crippen molar-refractivity contribution < 1.29 is 9.53 Å². The summed E-state index contributed by atoms with van der Waals surface area (Å²) in [6.07, 6.45) is 2.43. The number of carbonyl (C=O) groups is 1. The maximum atomic E-state index is 13.5. The molecule has 0 bridgehead atoms. The number of hydrogen-bond donors (Lipinski definition) is 0. The molecule has 3 aromatic rings. The van der Waals surface area contributed by atoms with Crippen molar-refractivity contribution in [1.82, 2.24) is 4.57 Å². The summed E-state index contributed by atoms with van der Waals surface area (Å²) in [4.78, 5) is 31.5. The lowest BCUT2D eigenvalue weighted by molar-refractivity contribution is -0.136. The van der Waals surface area contributed by atoms with Gasteiger partial charge in [0.15, 0.2) is 4.80 Å². The van der Waals surface area contributed by atoms with Crippen molar-refractivity contribution in [2.24, 2.45) is 4.99 Å². The van der Waals surface area contributed by atoms with Crippen LogP contribution in [0.5, 0.6) is 0 Å². The van der Waals surface area contributed by atoms with E-state index in [1.54, 1.807) is 4.57 Å². The Bertz CT molecular complexity index is 1320. The molecule has 4 rings (SSSR count). The van der Waals surface area contributed by atoms with Crippen molar-refractivity contribution in [1.29, 1.82) is 0 Å². The van der Waals surface area contributed by atoms with Crippen molar-refractivity contribution in [2.45, 2.75) is 26.3 Å². The van der Waals surface area contributed by atoms with Gasteiger partial charge in [0.25, 0.3) is 5.56 Å². The lowest BCUT2D eigenvalue weighted by Crippen LogP contribution is -2.40. The van der Waals surface area contributed by atoms with E-state index in [-0.39, 0.29) is 5.56 Å². The van der Waals surface area contributed by atoms with Gasteiger partial charge in [-0.15, -0.1) is 0 Å². The van der Waals surface area contributed by atoms with Crippen LogP contribution in [0.3, 0.4) is 0 Å². The second kappa shape index (κ2) is 8.24. The fourth-order valence-corrected chi connectivity index (χ4v) is 4.77. The van der Waals surface area contributed by atoms with Crippen LogP contribution >= 0.6 is 11.3 Å². The zero-order valence-corrected chi connectivity index (χ0v) is 17.9. The number of hydrogen-bond acceptors (Lipinski definition) is 5. The van der Waals surface area contributed by atoms with Gasteiger partial charge in [-0.25, -0.2) is 9.79 Å². The summed E-state index contributed by atoms with van der Waals surface area (Å²) >= 11 is 1.34. The van der Waals surface area contributed by atoms with Crippen LogP contribution in [-0.2, 0) is 9.53 Å². The third kappa shape index (κ3) is 3.44. The van der Waals surface area contributed by atoms with E-state index in [0.29, 0.717) is 27.0 Å². The first-order chi connectivity index (χ1) is 14.5. The molecule has 0 spiro atoms. The molecule has 0 fully saturated rings. The molecule has 1 unspecified atom stereocenters. The molecule has 0 amide bonds. The fourth-order valence-electron chi connectivity index (χ4n) is 3.75. The molecule has 1 aliphatic heterocycles. The average molecular weight is 419 g/mol. The number of methoxy groups -OCH3 is 1. The van der Waals surface area contributed by atoms with Crippen molar-refractivity contribution in [3.63, 3.8) is 0 Å².